The number of carbonyl (C=O) groups is 1. The first-order valence-electron chi connectivity index (χ1n) is 4.03. The monoisotopic (exact) mass is 207 g/mol. The molecule has 1 amide bonds. The molecule has 3 nitrogen and oxygen atoms in total. The van der Waals surface area contributed by atoms with E-state index in [1.54, 1.807) is 6.07 Å². The van der Waals surface area contributed by atoms with Crippen LogP contribution < -0.4 is 4.74 Å². The third kappa shape index (κ3) is 3.09. The number of carbonyl (C=O) groups excluding carboxylic acids is 1. The number of amides is 1. The average molecular weight is 207 g/mol. The summed E-state index contributed by atoms with van der Waals surface area (Å²) in [6, 6.07) is 7.44. The zero-order valence-electron chi connectivity index (χ0n) is 7.69. The minimum Gasteiger partial charge on any atom is -0.483 e. The normalized spacial score (nSPS) is 8.93. The van der Waals surface area contributed by atoms with Crippen LogP contribution in [0.5, 0.6) is 5.75 Å². The molecule has 0 unspecified atom stereocenters. The zero-order chi connectivity index (χ0) is 10.4. The molecule has 0 saturated heterocycles. The maximum absolute atomic E-state index is 10.9. The van der Waals surface area contributed by atoms with E-state index in [1.165, 1.54) is 0 Å². The second-order valence-electron chi connectivity index (χ2n) is 2.65. The molecule has 0 N–H and O–H groups in total. The number of ether oxygens (including phenoxy) is 1. The highest BCUT2D eigenvalue weighted by molar-refractivity contribution is 7.78. The number of benzene rings is 1. The first-order valence-corrected chi connectivity index (χ1v) is 4.44. The van der Waals surface area contributed by atoms with Crippen molar-refractivity contribution < 1.29 is 9.53 Å². The van der Waals surface area contributed by atoms with Gasteiger partial charge in [0.2, 0.25) is 0 Å². The van der Waals surface area contributed by atoms with Crippen molar-refractivity contribution in [2.24, 2.45) is 4.99 Å². The molecule has 0 saturated carbocycles. The highest BCUT2D eigenvalue weighted by atomic mass is 32.1. The Morgan fingerprint density at radius 1 is 1.57 bits per heavy atom. The van der Waals surface area contributed by atoms with Gasteiger partial charge in [0.1, 0.15) is 5.75 Å². The Kier molecular flexibility index (Phi) is 3.98. The van der Waals surface area contributed by atoms with Gasteiger partial charge in [-0.1, -0.05) is 18.2 Å². The number of rotatable bonds is 3. The second kappa shape index (κ2) is 5.27. The van der Waals surface area contributed by atoms with Gasteiger partial charge in [0.25, 0.3) is 5.91 Å². The van der Waals surface area contributed by atoms with E-state index in [0.29, 0.717) is 5.75 Å². The standard InChI is InChI=1S/C10H9NO2S/c1-8-4-2-3-5-9(8)13-6-10(12)11-7-14/h2-5H,6H2,1H3. The van der Waals surface area contributed by atoms with Gasteiger partial charge in [0.15, 0.2) is 6.61 Å². The van der Waals surface area contributed by atoms with Gasteiger partial charge in [-0.25, -0.2) is 0 Å². The fourth-order valence-corrected chi connectivity index (χ4v) is 1.04. The number of para-hydroxylation sites is 1. The van der Waals surface area contributed by atoms with Crippen molar-refractivity contribution in [2.75, 3.05) is 6.61 Å². The molecule has 0 spiro atoms. The number of aliphatic imine (C=N–C) groups is 1. The zero-order valence-corrected chi connectivity index (χ0v) is 8.50. The number of isothiocyanates is 1. The van der Waals surface area contributed by atoms with Crippen LogP contribution in [0.3, 0.4) is 0 Å². The van der Waals surface area contributed by atoms with Crippen molar-refractivity contribution in [3.05, 3.63) is 29.8 Å². The summed E-state index contributed by atoms with van der Waals surface area (Å²) < 4.78 is 5.22. The lowest BCUT2D eigenvalue weighted by molar-refractivity contribution is -0.119. The Hall–Kier alpha value is -1.51. The molecule has 1 aromatic rings. The second-order valence-corrected chi connectivity index (χ2v) is 2.83. The summed E-state index contributed by atoms with van der Waals surface area (Å²) in [5.41, 5.74) is 0.978. The lowest BCUT2D eigenvalue weighted by Gasteiger charge is -2.05. The van der Waals surface area contributed by atoms with E-state index in [0.717, 1.165) is 5.56 Å². The van der Waals surface area contributed by atoms with Gasteiger partial charge >= 0.3 is 0 Å². The molecule has 0 aliphatic carbocycles. The van der Waals surface area contributed by atoms with Crippen LogP contribution in [0.25, 0.3) is 0 Å². The molecule has 1 aromatic carbocycles. The molecule has 0 bridgehead atoms. The van der Waals surface area contributed by atoms with Crippen LogP contribution in [0.15, 0.2) is 29.3 Å². The third-order valence-corrected chi connectivity index (χ3v) is 1.71. The Morgan fingerprint density at radius 3 is 2.93 bits per heavy atom. The summed E-state index contributed by atoms with van der Waals surface area (Å²) >= 11 is 4.29. The SMILES string of the molecule is Cc1ccccc1OCC(=O)N=C=S. The van der Waals surface area contributed by atoms with E-state index < -0.39 is 5.91 Å². The van der Waals surface area contributed by atoms with Gasteiger partial charge in [0.05, 0.1) is 5.16 Å². The molecule has 1 rings (SSSR count). The molecule has 0 fully saturated rings. The van der Waals surface area contributed by atoms with Gasteiger partial charge in [-0.3, -0.25) is 4.79 Å². The highest BCUT2D eigenvalue weighted by Crippen LogP contribution is 2.15. The van der Waals surface area contributed by atoms with Crippen molar-refractivity contribution in [3.63, 3.8) is 0 Å². The van der Waals surface area contributed by atoms with Crippen molar-refractivity contribution in [1.29, 1.82) is 0 Å². The molecular weight excluding hydrogens is 198 g/mol. The molecule has 72 valence electrons. The first kappa shape index (κ1) is 10.6. The third-order valence-electron chi connectivity index (χ3n) is 1.62. The molecular formula is C10H9NO2S. The summed E-state index contributed by atoms with van der Waals surface area (Å²) in [7, 11) is 0. The molecule has 0 aliphatic heterocycles. The van der Waals surface area contributed by atoms with Gasteiger partial charge in [-0.05, 0) is 30.8 Å². The minimum atomic E-state index is -0.428. The van der Waals surface area contributed by atoms with Crippen molar-refractivity contribution in [2.45, 2.75) is 6.92 Å². The van der Waals surface area contributed by atoms with Gasteiger partial charge in [-0.15, -0.1) is 0 Å². The van der Waals surface area contributed by atoms with Crippen LogP contribution in [0, 0.1) is 6.92 Å². The van der Waals surface area contributed by atoms with E-state index in [1.807, 2.05) is 30.3 Å². The highest BCUT2D eigenvalue weighted by Gasteiger charge is 2.01. The van der Waals surface area contributed by atoms with Crippen LogP contribution >= 0.6 is 12.2 Å². The Labute approximate surface area is 87.4 Å². The number of hydrogen-bond acceptors (Lipinski definition) is 3. The van der Waals surface area contributed by atoms with E-state index in [2.05, 4.69) is 17.2 Å². The van der Waals surface area contributed by atoms with Crippen LogP contribution in [-0.4, -0.2) is 17.7 Å². The summed E-state index contributed by atoms with van der Waals surface area (Å²) in [4.78, 5) is 14.2. The van der Waals surface area contributed by atoms with E-state index in [-0.39, 0.29) is 6.61 Å². The minimum absolute atomic E-state index is 0.103. The van der Waals surface area contributed by atoms with Gasteiger partial charge in [0, 0.05) is 0 Å². The lowest BCUT2D eigenvalue weighted by atomic mass is 10.2. The van der Waals surface area contributed by atoms with Crippen LogP contribution in [0.1, 0.15) is 5.56 Å². The quantitative estimate of drug-likeness (QED) is 0.562. The molecule has 0 atom stereocenters. The van der Waals surface area contributed by atoms with Crippen molar-refractivity contribution >= 4 is 23.3 Å². The fourth-order valence-electron chi connectivity index (χ4n) is 0.941. The molecule has 0 radical (unpaired) electrons. The van der Waals surface area contributed by atoms with Crippen LogP contribution in [-0.2, 0) is 4.79 Å². The topological polar surface area (TPSA) is 38.7 Å². The van der Waals surface area contributed by atoms with E-state index in [4.69, 9.17) is 4.74 Å². The maximum atomic E-state index is 10.9. The summed E-state index contributed by atoms with van der Waals surface area (Å²) in [6.07, 6.45) is 0. The van der Waals surface area contributed by atoms with Crippen LogP contribution in [0.2, 0.25) is 0 Å². The number of aryl methyl sites for hydroxylation is 1. The summed E-state index contributed by atoms with van der Waals surface area (Å²) in [5.74, 6) is 0.253. The lowest BCUT2D eigenvalue weighted by Crippen LogP contribution is -2.08. The molecule has 0 aliphatic rings. The molecule has 0 heterocycles. The Balaban J connectivity index is 2.58. The van der Waals surface area contributed by atoms with E-state index in [9.17, 15) is 4.79 Å². The number of hydrogen-bond donors (Lipinski definition) is 0. The average Bonchev–Trinajstić information content (AvgIpc) is 2.17. The molecule has 0 aromatic heterocycles. The van der Waals surface area contributed by atoms with Crippen LogP contribution in [0.4, 0.5) is 0 Å². The number of thiocarbonyl (C=S) groups is 1. The number of nitrogens with zero attached hydrogens (tertiary/aromatic N) is 1. The van der Waals surface area contributed by atoms with Crippen molar-refractivity contribution in [3.8, 4) is 5.75 Å². The predicted molar refractivity (Wildman–Crippen MR) is 56.7 cm³/mol. The summed E-state index contributed by atoms with van der Waals surface area (Å²) in [5, 5.41) is 2.00. The van der Waals surface area contributed by atoms with Crippen molar-refractivity contribution in [1.82, 2.24) is 0 Å². The maximum Gasteiger partial charge on any atom is 0.292 e. The van der Waals surface area contributed by atoms with Gasteiger partial charge < -0.3 is 4.74 Å². The Bertz CT molecular complexity index is 383. The smallest absolute Gasteiger partial charge is 0.292 e. The molecule has 14 heavy (non-hydrogen) atoms. The summed E-state index contributed by atoms with van der Waals surface area (Å²) in [6.45, 7) is 1.80. The Morgan fingerprint density at radius 2 is 2.29 bits per heavy atom. The fraction of sp³-hybridized carbons (Fsp3) is 0.200. The van der Waals surface area contributed by atoms with E-state index >= 15 is 0 Å². The van der Waals surface area contributed by atoms with Gasteiger partial charge in [-0.2, -0.15) is 4.99 Å². The largest absolute Gasteiger partial charge is 0.483 e. The predicted octanol–water partition coefficient (Wildman–Crippen LogP) is 2.00. The first-order chi connectivity index (χ1) is 6.74. The molecule has 4 heteroatoms.